The Bertz CT molecular complexity index is 7560. The Morgan fingerprint density at radius 2 is 0.376 bits per heavy atom. The van der Waals surface area contributed by atoms with Crippen molar-refractivity contribution in [2.45, 2.75) is 5.41 Å². The van der Waals surface area contributed by atoms with Gasteiger partial charge in [0.05, 0.1) is 5.41 Å². The normalized spacial score (nSPS) is 12.1. The standard InChI is InChI=1S/C73H47NO.C48H33NO/c1-3-14-48(15-4-1)50-26-30-52(31-27-50)54-34-39-57(40-35-54)74(58-41-36-55(37-42-58)53-32-28-51(29-33-53)49-16-5-2-6-17-49)59-43-45-64-63-44-38-56(60-21-13-22-66-65-20-9-12-25-71(65)75-72(60)66)46-69(63)73(70(64)47-59)67-23-10-7-18-61(67)62-19-8-11-24-68(62)73;1-3-10-34(11-4-1)36-18-20-37(21-19-36)39-24-30-42(31-25-39)49(41-28-22-38(23-29-41)35-12-5-2-6-13-35)43-32-26-40(27-33-43)44-15-9-16-46-45-14-7-8-17-47(45)50-48(44)46/h1-47H;1-33H. The molecule has 0 bridgehead atoms. The van der Waals surface area contributed by atoms with E-state index in [1.165, 1.54) is 122 Å². The molecule has 2 aromatic heterocycles. The molecule has 1 spiro atoms. The summed E-state index contributed by atoms with van der Waals surface area (Å²) in [5.41, 5.74) is 41.0. The van der Waals surface area contributed by atoms with Crippen LogP contribution in [-0.2, 0) is 5.41 Å². The van der Waals surface area contributed by atoms with Crippen molar-refractivity contribution >= 4 is 78.0 Å². The molecule has 2 heterocycles. The molecule has 0 unspecified atom stereocenters. The van der Waals surface area contributed by atoms with Gasteiger partial charge in [-0.25, -0.2) is 0 Å². The average molecular weight is 1590 g/mol. The molecule has 4 nitrogen and oxygen atoms in total. The number of hydrogen-bond donors (Lipinski definition) is 0. The number of furan rings is 2. The van der Waals surface area contributed by atoms with Gasteiger partial charge in [-0.1, -0.05) is 394 Å². The molecule has 0 N–H and O–H groups in total. The van der Waals surface area contributed by atoms with Crippen LogP contribution in [-0.4, -0.2) is 0 Å². The first-order chi connectivity index (χ1) is 61.9. The van der Waals surface area contributed by atoms with Gasteiger partial charge in [0.1, 0.15) is 22.3 Å². The van der Waals surface area contributed by atoms with Gasteiger partial charge < -0.3 is 18.6 Å². The maximum Gasteiger partial charge on any atom is 0.143 e. The Morgan fingerprint density at radius 1 is 0.144 bits per heavy atom. The van der Waals surface area contributed by atoms with E-state index >= 15 is 0 Å². The van der Waals surface area contributed by atoms with Gasteiger partial charge in [0.25, 0.3) is 0 Å². The molecule has 4 heteroatoms. The summed E-state index contributed by atoms with van der Waals surface area (Å²) in [6.07, 6.45) is 0. The number of rotatable bonds is 15. The number of benzene rings is 20. The van der Waals surface area contributed by atoms with E-state index in [0.29, 0.717) is 0 Å². The zero-order valence-electron chi connectivity index (χ0n) is 68.4. The van der Waals surface area contributed by atoms with Crippen molar-refractivity contribution in [1.29, 1.82) is 0 Å². The third kappa shape index (κ3) is 13.2. The Hall–Kier alpha value is -16.4. The molecule has 20 aromatic carbocycles. The fourth-order valence-corrected chi connectivity index (χ4v) is 19.4. The van der Waals surface area contributed by atoms with Crippen molar-refractivity contribution in [3.05, 3.63) is 508 Å². The molecule has 125 heavy (non-hydrogen) atoms. The molecular formula is C121H80N2O2. The summed E-state index contributed by atoms with van der Waals surface area (Å²) in [4.78, 5) is 4.75. The van der Waals surface area contributed by atoms with Crippen molar-refractivity contribution in [2.75, 3.05) is 9.80 Å². The van der Waals surface area contributed by atoms with Gasteiger partial charge in [-0.3, -0.25) is 0 Å². The van der Waals surface area contributed by atoms with Crippen LogP contribution < -0.4 is 9.80 Å². The molecule has 22 aromatic rings. The second-order valence-electron chi connectivity index (χ2n) is 32.5. The Balaban J connectivity index is 0.000000156. The van der Waals surface area contributed by atoms with Crippen LogP contribution in [0.3, 0.4) is 0 Å². The molecule has 2 aliphatic carbocycles. The first-order valence-electron chi connectivity index (χ1n) is 42.9. The lowest BCUT2D eigenvalue weighted by molar-refractivity contribution is 0.669. The summed E-state index contributed by atoms with van der Waals surface area (Å²) < 4.78 is 13.0. The highest BCUT2D eigenvalue weighted by atomic mass is 16.3. The van der Waals surface area contributed by atoms with Gasteiger partial charge in [-0.15, -0.1) is 0 Å². The predicted molar refractivity (Wildman–Crippen MR) is 522 cm³/mol. The van der Waals surface area contributed by atoms with Gasteiger partial charge in [-0.05, 0) is 225 Å². The van der Waals surface area contributed by atoms with Crippen molar-refractivity contribution in [1.82, 2.24) is 0 Å². The maximum absolute atomic E-state index is 6.68. The van der Waals surface area contributed by atoms with Crippen molar-refractivity contribution in [3.8, 4) is 122 Å². The number of para-hydroxylation sites is 4. The van der Waals surface area contributed by atoms with E-state index in [1.54, 1.807) is 0 Å². The van der Waals surface area contributed by atoms with Crippen LogP contribution >= 0.6 is 0 Å². The molecule has 0 fully saturated rings. The topological polar surface area (TPSA) is 32.8 Å². The van der Waals surface area contributed by atoms with Crippen molar-refractivity contribution < 1.29 is 8.83 Å². The summed E-state index contributed by atoms with van der Waals surface area (Å²) in [6.45, 7) is 0. The van der Waals surface area contributed by atoms with E-state index in [1.807, 2.05) is 18.2 Å². The SMILES string of the molecule is c1ccc(-c2ccc(-c3ccc(N(c4ccc(-c5ccc(-c6ccccc6)cc5)cc4)c4ccc5c(c4)C4(c6ccccc6-c6ccccc64)c4cc(-c6cccc7c6oc6ccccc67)ccc4-5)cc3)cc2)cc1.c1ccc(-c2ccc(-c3ccc(N(c4ccc(-c5ccccc5)cc4)c4ccc(-c5cccc6c5oc5ccccc56)cc4)cc3)cc2)cc1. The van der Waals surface area contributed by atoms with Crippen LogP contribution in [0, 0.1) is 0 Å². The molecule has 0 radical (unpaired) electrons. The molecule has 2 aliphatic rings. The van der Waals surface area contributed by atoms with Crippen LogP contribution in [0.5, 0.6) is 0 Å². The molecule has 586 valence electrons. The Labute approximate surface area is 727 Å². The molecule has 0 saturated heterocycles. The predicted octanol–water partition coefficient (Wildman–Crippen LogP) is 33.5. The summed E-state index contributed by atoms with van der Waals surface area (Å²) in [7, 11) is 0. The van der Waals surface area contributed by atoms with Gasteiger partial charge in [0.2, 0.25) is 0 Å². The van der Waals surface area contributed by atoms with E-state index < -0.39 is 5.41 Å². The van der Waals surface area contributed by atoms with E-state index in [9.17, 15) is 0 Å². The minimum atomic E-state index is -0.580. The van der Waals surface area contributed by atoms with Crippen molar-refractivity contribution in [2.24, 2.45) is 0 Å². The second-order valence-corrected chi connectivity index (χ2v) is 32.5. The zero-order chi connectivity index (χ0) is 82.7. The summed E-state index contributed by atoms with van der Waals surface area (Å²) in [5, 5.41) is 4.54. The van der Waals surface area contributed by atoms with Crippen LogP contribution in [0.2, 0.25) is 0 Å². The highest BCUT2D eigenvalue weighted by Crippen LogP contribution is 2.64. The van der Waals surface area contributed by atoms with Gasteiger partial charge in [0.15, 0.2) is 0 Å². The minimum absolute atomic E-state index is 0.580. The lowest BCUT2D eigenvalue weighted by atomic mass is 9.70. The minimum Gasteiger partial charge on any atom is -0.455 e. The highest BCUT2D eigenvalue weighted by Gasteiger charge is 2.52. The van der Waals surface area contributed by atoms with Gasteiger partial charge in [-0.2, -0.15) is 0 Å². The zero-order valence-corrected chi connectivity index (χ0v) is 68.4. The average Bonchev–Trinajstić information content (AvgIpc) is 1.50. The second kappa shape index (κ2) is 31.3. The number of fused-ring (bicyclic) bond motifs is 16. The van der Waals surface area contributed by atoms with E-state index in [2.05, 4.69) is 477 Å². The largest absolute Gasteiger partial charge is 0.455 e. The first kappa shape index (κ1) is 73.7. The first-order valence-corrected chi connectivity index (χ1v) is 42.9. The molecule has 0 saturated carbocycles. The van der Waals surface area contributed by atoms with Crippen LogP contribution in [0.25, 0.3) is 166 Å². The van der Waals surface area contributed by atoms with Crippen LogP contribution in [0.1, 0.15) is 22.3 Å². The Kier molecular flexibility index (Phi) is 18.5. The lowest BCUT2D eigenvalue weighted by Gasteiger charge is -2.32. The number of hydrogen-bond acceptors (Lipinski definition) is 4. The van der Waals surface area contributed by atoms with Gasteiger partial charge in [0, 0.05) is 66.8 Å². The monoisotopic (exact) mass is 1590 g/mol. The van der Waals surface area contributed by atoms with E-state index in [-0.39, 0.29) is 0 Å². The quantitative estimate of drug-likeness (QED) is 0.102. The summed E-state index contributed by atoms with van der Waals surface area (Å²) >= 11 is 0. The molecule has 24 rings (SSSR count). The van der Waals surface area contributed by atoms with Gasteiger partial charge >= 0.3 is 0 Å². The molecule has 0 atom stereocenters. The number of anilines is 6. The molecule has 0 amide bonds. The molecular weight excluding hydrogens is 1510 g/mol. The Morgan fingerprint density at radius 3 is 0.736 bits per heavy atom. The summed E-state index contributed by atoms with van der Waals surface area (Å²) in [6, 6.07) is 176. The maximum atomic E-state index is 6.68. The van der Waals surface area contributed by atoms with Crippen LogP contribution in [0.4, 0.5) is 34.1 Å². The lowest BCUT2D eigenvalue weighted by Crippen LogP contribution is -2.26. The fourth-order valence-electron chi connectivity index (χ4n) is 19.4. The van der Waals surface area contributed by atoms with Crippen molar-refractivity contribution in [3.63, 3.8) is 0 Å². The summed E-state index contributed by atoms with van der Waals surface area (Å²) in [5.74, 6) is 0. The third-order valence-corrected chi connectivity index (χ3v) is 25.5. The smallest absolute Gasteiger partial charge is 0.143 e. The third-order valence-electron chi connectivity index (χ3n) is 25.5. The van der Waals surface area contributed by atoms with E-state index in [0.717, 1.165) is 100 Å². The highest BCUT2D eigenvalue weighted by molar-refractivity contribution is 6.11. The molecule has 0 aliphatic heterocycles. The van der Waals surface area contributed by atoms with E-state index in [4.69, 9.17) is 8.83 Å². The van der Waals surface area contributed by atoms with Crippen LogP contribution in [0.15, 0.2) is 494 Å². The fraction of sp³-hybridized carbons (Fsp3) is 0.00826. The number of nitrogens with zero attached hydrogens (tertiary/aromatic N) is 2.